The number of likely N-dealkylation sites (tertiary alicyclic amines) is 1. The van der Waals surface area contributed by atoms with Gasteiger partial charge in [-0.1, -0.05) is 0 Å². The van der Waals surface area contributed by atoms with E-state index in [9.17, 15) is 4.79 Å². The van der Waals surface area contributed by atoms with E-state index in [4.69, 9.17) is 4.74 Å². The standard InChI is InChI=1S/C10H19NO2/c1-4-13-9(12)10(2)6-5-7-11(3)8-10/h4-8H2,1-3H3/t10-/m1/s1. The van der Waals surface area contributed by atoms with Gasteiger partial charge in [0.2, 0.25) is 0 Å². The zero-order valence-electron chi connectivity index (χ0n) is 8.80. The van der Waals surface area contributed by atoms with Gasteiger partial charge in [0.05, 0.1) is 12.0 Å². The van der Waals surface area contributed by atoms with E-state index in [0.29, 0.717) is 6.61 Å². The highest BCUT2D eigenvalue weighted by Crippen LogP contribution is 2.29. The van der Waals surface area contributed by atoms with E-state index < -0.39 is 0 Å². The fourth-order valence-electron chi connectivity index (χ4n) is 1.96. The number of carbonyl (C=O) groups excluding carboxylic acids is 1. The molecule has 76 valence electrons. The monoisotopic (exact) mass is 185 g/mol. The molecule has 0 saturated carbocycles. The van der Waals surface area contributed by atoms with Crippen molar-refractivity contribution in [3.63, 3.8) is 0 Å². The maximum atomic E-state index is 11.6. The van der Waals surface area contributed by atoms with Crippen molar-refractivity contribution in [3.05, 3.63) is 0 Å². The van der Waals surface area contributed by atoms with Crippen LogP contribution < -0.4 is 0 Å². The highest BCUT2D eigenvalue weighted by Gasteiger charge is 2.37. The van der Waals surface area contributed by atoms with Crippen molar-refractivity contribution < 1.29 is 9.53 Å². The van der Waals surface area contributed by atoms with Crippen molar-refractivity contribution in [2.45, 2.75) is 26.7 Å². The maximum absolute atomic E-state index is 11.6. The van der Waals surface area contributed by atoms with E-state index in [1.54, 1.807) is 0 Å². The molecule has 1 aliphatic rings. The number of hydrogen-bond acceptors (Lipinski definition) is 3. The number of carbonyl (C=O) groups is 1. The number of piperidine rings is 1. The van der Waals surface area contributed by atoms with Crippen LogP contribution in [0.1, 0.15) is 26.7 Å². The molecule has 1 rings (SSSR count). The molecule has 0 amide bonds. The summed E-state index contributed by atoms with van der Waals surface area (Å²) in [5, 5.41) is 0. The molecule has 0 spiro atoms. The Morgan fingerprint density at radius 3 is 2.85 bits per heavy atom. The van der Waals surface area contributed by atoms with E-state index in [0.717, 1.165) is 25.9 Å². The lowest BCUT2D eigenvalue weighted by atomic mass is 9.82. The van der Waals surface area contributed by atoms with Crippen LogP contribution in [-0.2, 0) is 9.53 Å². The number of hydrogen-bond donors (Lipinski definition) is 0. The molecule has 0 aliphatic carbocycles. The first-order chi connectivity index (χ1) is 6.08. The first-order valence-electron chi connectivity index (χ1n) is 4.94. The summed E-state index contributed by atoms with van der Waals surface area (Å²) in [4.78, 5) is 13.8. The van der Waals surface area contributed by atoms with Crippen LogP contribution in [0.15, 0.2) is 0 Å². The van der Waals surface area contributed by atoms with Gasteiger partial charge in [-0.05, 0) is 40.3 Å². The van der Waals surface area contributed by atoms with Crippen LogP contribution in [0.2, 0.25) is 0 Å². The normalized spacial score (nSPS) is 30.1. The van der Waals surface area contributed by atoms with Gasteiger partial charge in [-0.25, -0.2) is 0 Å². The lowest BCUT2D eigenvalue weighted by Gasteiger charge is -2.36. The molecule has 0 unspecified atom stereocenters. The summed E-state index contributed by atoms with van der Waals surface area (Å²) in [7, 11) is 2.05. The Morgan fingerprint density at radius 1 is 1.62 bits per heavy atom. The lowest BCUT2D eigenvalue weighted by Crippen LogP contribution is -2.45. The Labute approximate surface area is 80.1 Å². The summed E-state index contributed by atoms with van der Waals surface area (Å²) < 4.78 is 5.07. The molecule has 3 nitrogen and oxygen atoms in total. The molecule has 0 aromatic rings. The van der Waals surface area contributed by atoms with Gasteiger partial charge in [0.1, 0.15) is 0 Å². The van der Waals surface area contributed by atoms with Crippen LogP contribution >= 0.6 is 0 Å². The van der Waals surface area contributed by atoms with Gasteiger partial charge >= 0.3 is 5.97 Å². The molecule has 13 heavy (non-hydrogen) atoms. The fourth-order valence-corrected chi connectivity index (χ4v) is 1.96. The van der Waals surface area contributed by atoms with Crippen molar-refractivity contribution in [1.29, 1.82) is 0 Å². The number of nitrogens with zero attached hydrogens (tertiary/aromatic N) is 1. The molecule has 1 atom stereocenters. The summed E-state index contributed by atoms with van der Waals surface area (Å²) in [6.07, 6.45) is 2.04. The highest BCUT2D eigenvalue weighted by molar-refractivity contribution is 5.76. The SMILES string of the molecule is CCOC(=O)[C@]1(C)CCCN(C)C1. The van der Waals surface area contributed by atoms with Crippen molar-refractivity contribution in [2.75, 3.05) is 26.7 Å². The van der Waals surface area contributed by atoms with Crippen LogP contribution in [0.5, 0.6) is 0 Å². The second-order valence-electron chi connectivity index (χ2n) is 4.12. The molecule has 0 aromatic carbocycles. The molecule has 1 heterocycles. The van der Waals surface area contributed by atoms with Crippen LogP contribution in [0.3, 0.4) is 0 Å². The predicted molar refractivity (Wildman–Crippen MR) is 51.5 cm³/mol. The molecule has 0 aromatic heterocycles. The summed E-state index contributed by atoms with van der Waals surface area (Å²) in [5.74, 6) is -0.0402. The van der Waals surface area contributed by atoms with Crippen molar-refractivity contribution >= 4 is 5.97 Å². The minimum absolute atomic E-state index is 0.0402. The van der Waals surface area contributed by atoms with Crippen molar-refractivity contribution in [2.24, 2.45) is 5.41 Å². The Bertz CT molecular complexity index is 193. The number of rotatable bonds is 2. The predicted octanol–water partition coefficient (Wildman–Crippen LogP) is 1.28. The summed E-state index contributed by atoms with van der Waals surface area (Å²) in [6, 6.07) is 0. The summed E-state index contributed by atoms with van der Waals surface area (Å²) >= 11 is 0. The highest BCUT2D eigenvalue weighted by atomic mass is 16.5. The Hall–Kier alpha value is -0.570. The fraction of sp³-hybridized carbons (Fsp3) is 0.900. The van der Waals surface area contributed by atoms with E-state index in [1.165, 1.54) is 0 Å². The smallest absolute Gasteiger partial charge is 0.313 e. The van der Waals surface area contributed by atoms with Crippen LogP contribution in [0, 0.1) is 5.41 Å². The first kappa shape index (κ1) is 10.5. The second-order valence-corrected chi connectivity index (χ2v) is 4.12. The van der Waals surface area contributed by atoms with Crippen LogP contribution in [0.25, 0.3) is 0 Å². The van der Waals surface area contributed by atoms with E-state index in [1.807, 2.05) is 13.8 Å². The topological polar surface area (TPSA) is 29.5 Å². The molecule has 0 bridgehead atoms. The average molecular weight is 185 g/mol. The van der Waals surface area contributed by atoms with Gasteiger partial charge in [-0.3, -0.25) is 4.79 Å². The van der Waals surface area contributed by atoms with E-state index >= 15 is 0 Å². The third-order valence-electron chi connectivity index (χ3n) is 2.66. The lowest BCUT2D eigenvalue weighted by molar-refractivity contribution is -0.157. The molecule has 3 heteroatoms. The Kier molecular flexibility index (Phi) is 3.31. The van der Waals surface area contributed by atoms with Crippen LogP contribution in [-0.4, -0.2) is 37.6 Å². The van der Waals surface area contributed by atoms with Gasteiger partial charge < -0.3 is 9.64 Å². The molecular formula is C10H19NO2. The van der Waals surface area contributed by atoms with Gasteiger partial charge in [0, 0.05) is 6.54 Å². The van der Waals surface area contributed by atoms with Crippen LogP contribution in [0.4, 0.5) is 0 Å². The van der Waals surface area contributed by atoms with Crippen molar-refractivity contribution in [3.8, 4) is 0 Å². The quantitative estimate of drug-likeness (QED) is 0.607. The summed E-state index contributed by atoms with van der Waals surface area (Å²) in [5.41, 5.74) is -0.275. The zero-order valence-corrected chi connectivity index (χ0v) is 8.80. The Morgan fingerprint density at radius 2 is 2.31 bits per heavy atom. The van der Waals surface area contributed by atoms with E-state index in [-0.39, 0.29) is 11.4 Å². The van der Waals surface area contributed by atoms with Gasteiger partial charge in [-0.2, -0.15) is 0 Å². The minimum atomic E-state index is -0.275. The molecule has 0 N–H and O–H groups in total. The third kappa shape index (κ3) is 2.44. The molecule has 1 fully saturated rings. The van der Waals surface area contributed by atoms with Gasteiger partial charge in [0.15, 0.2) is 0 Å². The first-order valence-corrected chi connectivity index (χ1v) is 4.94. The maximum Gasteiger partial charge on any atom is 0.313 e. The van der Waals surface area contributed by atoms with Gasteiger partial charge in [0.25, 0.3) is 0 Å². The molecular weight excluding hydrogens is 166 g/mol. The average Bonchev–Trinajstić information content (AvgIpc) is 2.04. The summed E-state index contributed by atoms with van der Waals surface area (Å²) in [6.45, 7) is 6.26. The second kappa shape index (κ2) is 4.09. The van der Waals surface area contributed by atoms with Gasteiger partial charge in [-0.15, -0.1) is 0 Å². The van der Waals surface area contributed by atoms with Crippen molar-refractivity contribution in [1.82, 2.24) is 4.90 Å². The molecule has 0 radical (unpaired) electrons. The number of ether oxygens (including phenoxy) is 1. The Balaban J connectivity index is 2.57. The number of esters is 1. The largest absolute Gasteiger partial charge is 0.466 e. The third-order valence-corrected chi connectivity index (χ3v) is 2.66. The van der Waals surface area contributed by atoms with E-state index in [2.05, 4.69) is 11.9 Å². The zero-order chi connectivity index (χ0) is 9.90. The molecule has 1 aliphatic heterocycles. The molecule has 1 saturated heterocycles. The minimum Gasteiger partial charge on any atom is -0.466 e.